The standard InChI is InChI=1S/C14H27N3O/c1-2-3-7-13-14(18)17(12-15-13)11-10-16-8-5-4-6-9-16/h13,15H,2-12H2,1H3. The molecular weight excluding hydrogens is 226 g/mol. The fraction of sp³-hybridized carbons (Fsp3) is 0.929. The Morgan fingerprint density at radius 3 is 2.72 bits per heavy atom. The third kappa shape index (κ3) is 3.69. The van der Waals surface area contributed by atoms with Gasteiger partial charge in [-0.1, -0.05) is 26.2 Å². The number of nitrogens with zero attached hydrogens (tertiary/aromatic N) is 2. The second-order valence-corrected chi connectivity index (χ2v) is 5.56. The van der Waals surface area contributed by atoms with Gasteiger partial charge in [-0.25, -0.2) is 0 Å². The van der Waals surface area contributed by atoms with Crippen molar-refractivity contribution in [1.29, 1.82) is 0 Å². The number of likely N-dealkylation sites (tertiary alicyclic amines) is 1. The van der Waals surface area contributed by atoms with Crippen LogP contribution in [-0.4, -0.2) is 54.6 Å². The molecule has 0 spiro atoms. The van der Waals surface area contributed by atoms with E-state index < -0.39 is 0 Å². The molecule has 2 heterocycles. The van der Waals surface area contributed by atoms with Gasteiger partial charge >= 0.3 is 0 Å². The van der Waals surface area contributed by atoms with Crippen molar-refractivity contribution in [3.8, 4) is 0 Å². The highest BCUT2D eigenvalue weighted by Gasteiger charge is 2.30. The second kappa shape index (κ2) is 7.10. The minimum absolute atomic E-state index is 0.0892. The summed E-state index contributed by atoms with van der Waals surface area (Å²) in [5.74, 6) is 0.320. The predicted molar refractivity (Wildman–Crippen MR) is 73.3 cm³/mol. The van der Waals surface area contributed by atoms with Gasteiger partial charge in [-0.2, -0.15) is 0 Å². The molecule has 0 aromatic rings. The third-order valence-electron chi connectivity index (χ3n) is 4.12. The first-order valence-electron chi connectivity index (χ1n) is 7.56. The molecule has 104 valence electrons. The Morgan fingerprint density at radius 1 is 1.22 bits per heavy atom. The van der Waals surface area contributed by atoms with Crippen LogP contribution in [0.25, 0.3) is 0 Å². The summed E-state index contributed by atoms with van der Waals surface area (Å²) in [4.78, 5) is 16.6. The molecule has 0 aliphatic carbocycles. The number of rotatable bonds is 6. The average Bonchev–Trinajstić information content (AvgIpc) is 2.76. The van der Waals surface area contributed by atoms with Crippen molar-refractivity contribution in [1.82, 2.24) is 15.1 Å². The summed E-state index contributed by atoms with van der Waals surface area (Å²) in [6.07, 6.45) is 7.33. The Kier molecular flexibility index (Phi) is 5.45. The fourth-order valence-electron chi connectivity index (χ4n) is 2.87. The molecule has 4 heteroatoms. The quantitative estimate of drug-likeness (QED) is 0.777. The first kappa shape index (κ1) is 13.8. The van der Waals surface area contributed by atoms with Crippen LogP contribution in [0.5, 0.6) is 0 Å². The van der Waals surface area contributed by atoms with E-state index in [-0.39, 0.29) is 6.04 Å². The maximum atomic E-state index is 12.1. The normalized spacial score (nSPS) is 25.9. The highest BCUT2D eigenvalue weighted by Crippen LogP contribution is 2.12. The Labute approximate surface area is 111 Å². The van der Waals surface area contributed by atoms with Gasteiger partial charge in [-0.15, -0.1) is 0 Å². The minimum atomic E-state index is 0.0892. The molecule has 1 unspecified atom stereocenters. The summed E-state index contributed by atoms with van der Waals surface area (Å²) in [5, 5.41) is 3.34. The Hall–Kier alpha value is -0.610. The van der Waals surface area contributed by atoms with Crippen molar-refractivity contribution >= 4 is 5.91 Å². The zero-order chi connectivity index (χ0) is 12.8. The molecule has 0 saturated carbocycles. The summed E-state index contributed by atoms with van der Waals surface area (Å²) in [7, 11) is 0. The number of carbonyl (C=O) groups is 1. The molecule has 0 bridgehead atoms. The lowest BCUT2D eigenvalue weighted by atomic mass is 10.1. The van der Waals surface area contributed by atoms with Gasteiger partial charge < -0.3 is 9.80 Å². The van der Waals surface area contributed by atoms with Gasteiger partial charge in [0.1, 0.15) is 0 Å². The first-order valence-corrected chi connectivity index (χ1v) is 7.56. The van der Waals surface area contributed by atoms with Gasteiger partial charge in [-0.3, -0.25) is 10.1 Å². The second-order valence-electron chi connectivity index (χ2n) is 5.56. The summed E-state index contributed by atoms with van der Waals surface area (Å²) in [5.41, 5.74) is 0. The van der Waals surface area contributed by atoms with Crippen molar-refractivity contribution in [3.63, 3.8) is 0 Å². The first-order chi connectivity index (χ1) is 8.81. The molecule has 1 N–H and O–H groups in total. The van der Waals surface area contributed by atoms with Crippen LogP contribution >= 0.6 is 0 Å². The maximum Gasteiger partial charge on any atom is 0.240 e. The molecule has 0 aromatic heterocycles. The van der Waals surface area contributed by atoms with Crippen LogP contribution in [0.3, 0.4) is 0 Å². The number of carbonyl (C=O) groups excluding carboxylic acids is 1. The Bertz CT molecular complexity index is 264. The van der Waals surface area contributed by atoms with Gasteiger partial charge in [0.25, 0.3) is 0 Å². The number of amides is 1. The highest BCUT2D eigenvalue weighted by molar-refractivity contribution is 5.83. The molecular formula is C14H27N3O. The summed E-state index contributed by atoms with van der Waals surface area (Å²) >= 11 is 0. The molecule has 0 radical (unpaired) electrons. The minimum Gasteiger partial charge on any atom is -0.327 e. The molecule has 1 amide bonds. The van der Waals surface area contributed by atoms with Crippen molar-refractivity contribution in [2.24, 2.45) is 0 Å². The van der Waals surface area contributed by atoms with Gasteiger partial charge in [0.05, 0.1) is 12.7 Å². The Morgan fingerprint density at radius 2 is 2.00 bits per heavy atom. The number of nitrogens with one attached hydrogen (secondary N) is 1. The predicted octanol–water partition coefficient (Wildman–Crippen LogP) is 1.42. The molecule has 0 aromatic carbocycles. The van der Waals surface area contributed by atoms with Crippen LogP contribution in [0.1, 0.15) is 45.4 Å². The van der Waals surface area contributed by atoms with Gasteiger partial charge in [0.15, 0.2) is 0 Å². The molecule has 18 heavy (non-hydrogen) atoms. The highest BCUT2D eigenvalue weighted by atomic mass is 16.2. The topological polar surface area (TPSA) is 35.6 Å². The zero-order valence-corrected chi connectivity index (χ0v) is 11.7. The van der Waals surface area contributed by atoms with Crippen molar-refractivity contribution in [2.45, 2.75) is 51.5 Å². The van der Waals surface area contributed by atoms with E-state index in [0.717, 1.165) is 32.6 Å². The lowest BCUT2D eigenvalue weighted by molar-refractivity contribution is -0.129. The Balaban J connectivity index is 1.68. The van der Waals surface area contributed by atoms with Gasteiger partial charge in [0, 0.05) is 13.1 Å². The van der Waals surface area contributed by atoms with Crippen molar-refractivity contribution in [2.75, 3.05) is 32.8 Å². The molecule has 2 fully saturated rings. The summed E-state index contributed by atoms with van der Waals surface area (Å²) < 4.78 is 0. The fourth-order valence-corrected chi connectivity index (χ4v) is 2.87. The van der Waals surface area contributed by atoms with Gasteiger partial charge in [-0.05, 0) is 32.4 Å². The zero-order valence-electron chi connectivity index (χ0n) is 11.7. The SMILES string of the molecule is CCCCC1NCN(CCN2CCCCC2)C1=O. The van der Waals surface area contributed by atoms with Crippen LogP contribution in [-0.2, 0) is 4.79 Å². The van der Waals surface area contributed by atoms with E-state index >= 15 is 0 Å². The lowest BCUT2D eigenvalue weighted by Gasteiger charge is -2.28. The monoisotopic (exact) mass is 253 g/mol. The number of unbranched alkanes of at least 4 members (excludes halogenated alkanes) is 1. The third-order valence-corrected chi connectivity index (χ3v) is 4.12. The van der Waals surface area contributed by atoms with E-state index in [0.29, 0.717) is 5.91 Å². The lowest BCUT2D eigenvalue weighted by Crippen LogP contribution is -2.39. The van der Waals surface area contributed by atoms with E-state index in [1.807, 2.05) is 4.90 Å². The molecule has 2 saturated heterocycles. The van der Waals surface area contributed by atoms with Gasteiger partial charge in [0.2, 0.25) is 5.91 Å². The smallest absolute Gasteiger partial charge is 0.240 e. The summed E-state index contributed by atoms with van der Waals surface area (Å²) in [6, 6.07) is 0.0892. The van der Waals surface area contributed by atoms with E-state index in [2.05, 4.69) is 17.1 Å². The van der Waals surface area contributed by atoms with Crippen molar-refractivity contribution < 1.29 is 4.79 Å². The van der Waals surface area contributed by atoms with Crippen LogP contribution in [0.2, 0.25) is 0 Å². The number of piperidine rings is 1. The molecule has 2 rings (SSSR count). The van der Waals surface area contributed by atoms with Crippen LogP contribution in [0, 0.1) is 0 Å². The van der Waals surface area contributed by atoms with E-state index in [9.17, 15) is 4.79 Å². The van der Waals surface area contributed by atoms with E-state index in [4.69, 9.17) is 0 Å². The molecule has 2 aliphatic heterocycles. The average molecular weight is 253 g/mol. The summed E-state index contributed by atoms with van der Waals surface area (Å²) in [6.45, 7) is 7.31. The maximum absolute atomic E-state index is 12.1. The van der Waals surface area contributed by atoms with Crippen molar-refractivity contribution in [3.05, 3.63) is 0 Å². The van der Waals surface area contributed by atoms with E-state index in [1.165, 1.54) is 38.8 Å². The molecule has 2 aliphatic rings. The van der Waals surface area contributed by atoms with Crippen LogP contribution < -0.4 is 5.32 Å². The van der Waals surface area contributed by atoms with E-state index in [1.54, 1.807) is 0 Å². The number of hydrogen-bond donors (Lipinski definition) is 1. The van der Waals surface area contributed by atoms with Crippen LogP contribution in [0.15, 0.2) is 0 Å². The van der Waals surface area contributed by atoms with Crippen LogP contribution in [0.4, 0.5) is 0 Å². The molecule has 1 atom stereocenters. The largest absolute Gasteiger partial charge is 0.327 e. The number of hydrogen-bond acceptors (Lipinski definition) is 3. The molecule has 4 nitrogen and oxygen atoms in total.